The highest BCUT2D eigenvalue weighted by molar-refractivity contribution is 6.31. The molecule has 0 saturated heterocycles. The van der Waals surface area contributed by atoms with Gasteiger partial charge in [0.25, 0.3) is 11.5 Å². The third-order valence-corrected chi connectivity index (χ3v) is 4.77. The Morgan fingerprint density at radius 3 is 2.37 bits per heavy atom. The molecule has 0 aliphatic rings. The van der Waals surface area contributed by atoms with Gasteiger partial charge in [-0.15, -0.1) is 0 Å². The van der Waals surface area contributed by atoms with Crippen LogP contribution in [0.15, 0.2) is 53.3 Å². The van der Waals surface area contributed by atoms with Crippen molar-refractivity contribution >= 4 is 35.1 Å². The highest BCUT2D eigenvalue weighted by Gasteiger charge is 2.24. The molecule has 8 nitrogen and oxygen atoms in total. The second-order valence-electron chi connectivity index (χ2n) is 6.21. The van der Waals surface area contributed by atoms with Gasteiger partial charge in [0.2, 0.25) is 0 Å². The number of aromatic hydroxyl groups is 1. The van der Waals surface area contributed by atoms with Gasteiger partial charge in [0.05, 0.1) is 6.54 Å². The van der Waals surface area contributed by atoms with E-state index in [-0.39, 0.29) is 12.2 Å². The first-order valence-electron chi connectivity index (χ1n) is 8.61. The molecule has 0 aliphatic carbocycles. The summed E-state index contributed by atoms with van der Waals surface area (Å²) in [7, 11) is 0. The number of aromatic nitrogens is 2. The van der Waals surface area contributed by atoms with Gasteiger partial charge in [0.1, 0.15) is 12.2 Å². The highest BCUT2D eigenvalue weighted by Crippen LogP contribution is 2.29. The second kappa shape index (κ2) is 8.98. The number of halogens is 2. The maximum Gasteiger partial charge on any atom is 0.322 e. The quantitative estimate of drug-likeness (QED) is 0.533. The SMILES string of the molecule is O=C(O)CNC(=O)c1c(O)c(-c2ccc(Cl)cc2)nn(Cc2ccccc2Cl)c1=O. The van der Waals surface area contributed by atoms with Crippen LogP contribution in [0.3, 0.4) is 0 Å². The summed E-state index contributed by atoms with van der Waals surface area (Å²) >= 11 is 12.1. The van der Waals surface area contributed by atoms with Crippen LogP contribution in [0.5, 0.6) is 5.75 Å². The molecule has 0 saturated carbocycles. The Hall–Kier alpha value is -3.36. The third kappa shape index (κ3) is 4.61. The number of aliphatic carboxylic acids is 1. The summed E-state index contributed by atoms with van der Waals surface area (Å²) < 4.78 is 0.987. The number of hydrogen-bond acceptors (Lipinski definition) is 5. The van der Waals surface area contributed by atoms with Crippen molar-refractivity contribution in [1.82, 2.24) is 15.1 Å². The Morgan fingerprint density at radius 1 is 1.07 bits per heavy atom. The zero-order chi connectivity index (χ0) is 21.8. The molecule has 0 atom stereocenters. The third-order valence-electron chi connectivity index (χ3n) is 4.15. The number of carboxylic acids is 1. The number of benzene rings is 2. The minimum Gasteiger partial charge on any atom is -0.505 e. The predicted molar refractivity (Wildman–Crippen MR) is 111 cm³/mol. The van der Waals surface area contributed by atoms with Gasteiger partial charge in [-0.2, -0.15) is 5.10 Å². The number of carboxylic acid groups (broad SMARTS) is 1. The summed E-state index contributed by atoms with van der Waals surface area (Å²) in [6.45, 7) is -0.792. The van der Waals surface area contributed by atoms with E-state index >= 15 is 0 Å². The van der Waals surface area contributed by atoms with E-state index in [1.807, 2.05) is 0 Å². The molecular formula is C20H15Cl2N3O5. The fraction of sp³-hybridized carbons (Fsp3) is 0.100. The van der Waals surface area contributed by atoms with Crippen LogP contribution in [0.4, 0.5) is 0 Å². The Labute approximate surface area is 180 Å². The molecule has 3 rings (SSSR count). The van der Waals surface area contributed by atoms with Crippen molar-refractivity contribution in [3.63, 3.8) is 0 Å². The molecule has 0 aliphatic heterocycles. The van der Waals surface area contributed by atoms with Gasteiger partial charge >= 0.3 is 5.97 Å². The summed E-state index contributed by atoms with van der Waals surface area (Å²) in [6.07, 6.45) is 0. The number of nitrogens with zero attached hydrogens (tertiary/aromatic N) is 2. The molecule has 2 aromatic carbocycles. The molecule has 0 fully saturated rings. The van der Waals surface area contributed by atoms with E-state index in [2.05, 4.69) is 10.4 Å². The molecule has 0 spiro atoms. The lowest BCUT2D eigenvalue weighted by Gasteiger charge is -2.14. The van der Waals surface area contributed by atoms with Gasteiger partial charge < -0.3 is 15.5 Å². The minimum absolute atomic E-state index is 0.0428. The average Bonchev–Trinajstić information content (AvgIpc) is 2.71. The second-order valence-corrected chi connectivity index (χ2v) is 7.05. The lowest BCUT2D eigenvalue weighted by atomic mass is 10.1. The lowest BCUT2D eigenvalue weighted by Crippen LogP contribution is -2.37. The van der Waals surface area contributed by atoms with Gasteiger partial charge in [-0.05, 0) is 23.8 Å². The Kier molecular flexibility index (Phi) is 6.39. The number of hydrogen-bond donors (Lipinski definition) is 3. The van der Waals surface area contributed by atoms with Crippen LogP contribution in [-0.4, -0.2) is 38.4 Å². The largest absolute Gasteiger partial charge is 0.505 e. The molecule has 1 amide bonds. The van der Waals surface area contributed by atoms with E-state index in [0.717, 1.165) is 4.68 Å². The summed E-state index contributed by atoms with van der Waals surface area (Å²) in [6, 6.07) is 13.0. The fourth-order valence-corrected chi connectivity index (χ4v) is 3.03. The van der Waals surface area contributed by atoms with Gasteiger partial charge in [0, 0.05) is 15.6 Å². The minimum atomic E-state index is -1.30. The Bertz CT molecular complexity index is 1180. The van der Waals surface area contributed by atoms with Crippen LogP contribution in [0.25, 0.3) is 11.3 Å². The standard InChI is InChI=1S/C20H15Cl2N3O5/c21-13-7-5-11(6-8-13)17-18(28)16(19(29)23-9-15(26)27)20(30)25(24-17)10-12-3-1-2-4-14(12)22/h1-8,28H,9-10H2,(H,23,29)(H,26,27). The van der Waals surface area contributed by atoms with E-state index in [4.69, 9.17) is 28.3 Å². The normalized spacial score (nSPS) is 10.6. The average molecular weight is 448 g/mol. The number of rotatable bonds is 6. The van der Waals surface area contributed by atoms with E-state index in [1.165, 1.54) is 0 Å². The number of carbonyl (C=O) groups is 2. The van der Waals surface area contributed by atoms with Crippen molar-refractivity contribution in [1.29, 1.82) is 0 Å². The van der Waals surface area contributed by atoms with Gasteiger partial charge in [-0.1, -0.05) is 53.5 Å². The molecular weight excluding hydrogens is 433 g/mol. The molecule has 1 aromatic heterocycles. The van der Waals surface area contributed by atoms with Crippen molar-refractivity contribution in [2.24, 2.45) is 0 Å². The molecule has 3 N–H and O–H groups in total. The molecule has 30 heavy (non-hydrogen) atoms. The van der Waals surface area contributed by atoms with Gasteiger partial charge in [-0.25, -0.2) is 4.68 Å². The maximum atomic E-state index is 12.9. The van der Waals surface area contributed by atoms with Crippen molar-refractivity contribution in [3.8, 4) is 17.0 Å². The molecule has 10 heteroatoms. The number of carbonyl (C=O) groups excluding carboxylic acids is 1. The van der Waals surface area contributed by atoms with Gasteiger partial charge in [-0.3, -0.25) is 14.4 Å². The van der Waals surface area contributed by atoms with Crippen LogP contribution in [0.2, 0.25) is 10.0 Å². The summed E-state index contributed by atoms with van der Waals surface area (Å²) in [5.74, 6) is -3.00. The zero-order valence-electron chi connectivity index (χ0n) is 15.3. The molecule has 3 aromatic rings. The van der Waals surface area contributed by atoms with E-state index in [1.54, 1.807) is 48.5 Å². The first-order chi connectivity index (χ1) is 14.3. The van der Waals surface area contributed by atoms with E-state index in [0.29, 0.717) is 21.2 Å². The number of amides is 1. The first kappa shape index (κ1) is 21.4. The summed E-state index contributed by atoms with van der Waals surface area (Å²) in [5.41, 5.74) is -0.592. The zero-order valence-corrected chi connectivity index (χ0v) is 16.8. The molecule has 0 unspecified atom stereocenters. The molecule has 0 radical (unpaired) electrons. The van der Waals surface area contributed by atoms with Gasteiger partial charge in [0.15, 0.2) is 11.3 Å². The monoisotopic (exact) mass is 447 g/mol. The van der Waals surface area contributed by atoms with Crippen LogP contribution in [0.1, 0.15) is 15.9 Å². The van der Waals surface area contributed by atoms with Crippen molar-refractivity contribution < 1.29 is 19.8 Å². The Balaban J connectivity index is 2.17. The van der Waals surface area contributed by atoms with Crippen LogP contribution < -0.4 is 10.9 Å². The molecule has 1 heterocycles. The summed E-state index contributed by atoms with van der Waals surface area (Å²) in [4.78, 5) is 36.1. The van der Waals surface area contributed by atoms with E-state index in [9.17, 15) is 19.5 Å². The Morgan fingerprint density at radius 2 is 1.73 bits per heavy atom. The highest BCUT2D eigenvalue weighted by atomic mass is 35.5. The van der Waals surface area contributed by atoms with Crippen LogP contribution in [-0.2, 0) is 11.3 Å². The van der Waals surface area contributed by atoms with Crippen LogP contribution in [0, 0.1) is 0 Å². The van der Waals surface area contributed by atoms with E-state index < -0.39 is 35.3 Å². The van der Waals surface area contributed by atoms with Crippen molar-refractivity contribution in [2.45, 2.75) is 6.54 Å². The topological polar surface area (TPSA) is 122 Å². The van der Waals surface area contributed by atoms with Crippen molar-refractivity contribution in [3.05, 3.63) is 80.1 Å². The molecule has 154 valence electrons. The van der Waals surface area contributed by atoms with Crippen molar-refractivity contribution in [2.75, 3.05) is 6.54 Å². The number of nitrogens with one attached hydrogen (secondary N) is 1. The first-order valence-corrected chi connectivity index (χ1v) is 9.37. The molecule has 0 bridgehead atoms. The predicted octanol–water partition coefficient (Wildman–Crippen LogP) is 2.79. The smallest absolute Gasteiger partial charge is 0.322 e. The summed E-state index contributed by atoms with van der Waals surface area (Å²) in [5, 5.41) is 26.5. The lowest BCUT2D eigenvalue weighted by molar-refractivity contribution is -0.135. The maximum absolute atomic E-state index is 12.9. The van der Waals surface area contributed by atoms with Crippen LogP contribution >= 0.6 is 23.2 Å². The fourth-order valence-electron chi connectivity index (χ4n) is 2.71.